The summed E-state index contributed by atoms with van der Waals surface area (Å²) < 4.78 is 2.05. The maximum atomic E-state index is 6.04. The van der Waals surface area contributed by atoms with Gasteiger partial charge in [-0.2, -0.15) is 0 Å². The van der Waals surface area contributed by atoms with Crippen LogP contribution in [0.4, 0.5) is 0 Å². The lowest BCUT2D eigenvalue weighted by Gasteiger charge is -2.41. The molecule has 0 aromatic carbocycles. The van der Waals surface area contributed by atoms with Crippen LogP contribution in [0.1, 0.15) is 38.9 Å². The van der Waals surface area contributed by atoms with E-state index in [4.69, 9.17) is 11.6 Å². The van der Waals surface area contributed by atoms with Crippen molar-refractivity contribution >= 4 is 11.6 Å². The first-order valence-electron chi connectivity index (χ1n) is 5.11. The molecule has 4 heteroatoms. The van der Waals surface area contributed by atoms with Crippen LogP contribution in [0.5, 0.6) is 0 Å². The monoisotopic (exact) mass is 213 g/mol. The van der Waals surface area contributed by atoms with Crippen LogP contribution in [0.25, 0.3) is 0 Å². The molecule has 1 aromatic rings. The molecule has 1 fully saturated rings. The minimum absolute atomic E-state index is 0.0584. The molecule has 0 saturated heterocycles. The quantitative estimate of drug-likeness (QED) is 0.757. The van der Waals surface area contributed by atoms with Crippen molar-refractivity contribution in [3.63, 3.8) is 0 Å². The van der Waals surface area contributed by atoms with Gasteiger partial charge >= 0.3 is 0 Å². The third-order valence-corrected chi connectivity index (χ3v) is 3.71. The molecule has 0 atom stereocenters. The highest BCUT2D eigenvalue weighted by molar-refractivity contribution is 6.28. The highest BCUT2D eigenvalue weighted by Gasteiger charge is 2.37. The van der Waals surface area contributed by atoms with Crippen molar-refractivity contribution in [1.29, 1.82) is 0 Å². The van der Waals surface area contributed by atoms with Gasteiger partial charge in [0.15, 0.2) is 0 Å². The Bertz CT molecular complexity index is 320. The lowest BCUT2D eigenvalue weighted by molar-refractivity contribution is 0.126. The predicted molar refractivity (Wildman–Crippen MR) is 56.4 cm³/mol. The molecule has 3 nitrogen and oxygen atoms in total. The average Bonchev–Trinajstić information content (AvgIpc) is 2.25. The van der Waals surface area contributed by atoms with E-state index in [-0.39, 0.29) is 5.54 Å². The molecule has 0 spiro atoms. The van der Waals surface area contributed by atoms with Gasteiger partial charge in [0.2, 0.25) is 5.28 Å². The zero-order valence-electron chi connectivity index (χ0n) is 8.92. The number of nitrogens with zero attached hydrogens (tertiary/aromatic N) is 3. The van der Waals surface area contributed by atoms with E-state index >= 15 is 0 Å². The van der Waals surface area contributed by atoms with Crippen LogP contribution >= 0.6 is 11.6 Å². The van der Waals surface area contributed by atoms with Crippen LogP contribution in [-0.2, 0) is 5.54 Å². The van der Waals surface area contributed by atoms with Crippen molar-refractivity contribution in [3.05, 3.63) is 11.1 Å². The summed E-state index contributed by atoms with van der Waals surface area (Å²) in [6.45, 7) is 6.40. The number of rotatable bonds is 2. The molecule has 2 rings (SSSR count). The average molecular weight is 214 g/mol. The van der Waals surface area contributed by atoms with Crippen molar-refractivity contribution in [2.45, 2.75) is 45.6 Å². The van der Waals surface area contributed by atoms with Crippen LogP contribution in [0.2, 0.25) is 5.28 Å². The Morgan fingerprint density at radius 2 is 2.00 bits per heavy atom. The molecule has 1 aromatic heterocycles. The van der Waals surface area contributed by atoms with E-state index in [1.54, 1.807) is 0 Å². The van der Waals surface area contributed by atoms with Crippen LogP contribution in [0.15, 0.2) is 0 Å². The van der Waals surface area contributed by atoms with Crippen LogP contribution < -0.4 is 0 Å². The molecule has 78 valence electrons. The summed E-state index contributed by atoms with van der Waals surface area (Å²) in [5.74, 6) is 1.63. The molecule has 1 aliphatic rings. The normalized spacial score (nSPS) is 18.3. The fourth-order valence-electron chi connectivity index (χ4n) is 2.29. The van der Waals surface area contributed by atoms with Crippen molar-refractivity contribution in [2.75, 3.05) is 0 Å². The summed E-state index contributed by atoms with van der Waals surface area (Å²) in [5.41, 5.74) is 0.0584. The van der Waals surface area contributed by atoms with Gasteiger partial charge in [0.25, 0.3) is 0 Å². The maximum Gasteiger partial charge on any atom is 0.225 e. The van der Waals surface area contributed by atoms with Crippen molar-refractivity contribution in [3.8, 4) is 0 Å². The topological polar surface area (TPSA) is 30.7 Å². The molecule has 0 unspecified atom stereocenters. The maximum absolute atomic E-state index is 6.04. The SMILES string of the molecule is Cc1nnc(Cl)n1C(C)(C)C1CCC1. The van der Waals surface area contributed by atoms with E-state index in [0.29, 0.717) is 5.28 Å². The number of hydrogen-bond acceptors (Lipinski definition) is 2. The van der Waals surface area contributed by atoms with Gasteiger partial charge in [0.05, 0.1) is 0 Å². The van der Waals surface area contributed by atoms with E-state index in [2.05, 4.69) is 28.6 Å². The Balaban J connectivity index is 2.36. The van der Waals surface area contributed by atoms with Crippen LogP contribution in [0, 0.1) is 12.8 Å². The summed E-state index contributed by atoms with van der Waals surface area (Å²) >= 11 is 6.04. The van der Waals surface area contributed by atoms with E-state index in [0.717, 1.165) is 11.7 Å². The van der Waals surface area contributed by atoms with Gasteiger partial charge in [0, 0.05) is 5.54 Å². The van der Waals surface area contributed by atoms with E-state index < -0.39 is 0 Å². The number of aromatic nitrogens is 3. The van der Waals surface area contributed by atoms with Gasteiger partial charge in [-0.05, 0) is 51.1 Å². The Labute approximate surface area is 89.5 Å². The smallest absolute Gasteiger partial charge is 0.225 e. The van der Waals surface area contributed by atoms with Gasteiger partial charge in [-0.1, -0.05) is 6.42 Å². The standard InChI is InChI=1S/C10H16ClN3/c1-7-12-13-9(11)14(7)10(2,3)8-5-4-6-8/h8H,4-6H2,1-3H3. The molecule has 0 aliphatic heterocycles. The highest BCUT2D eigenvalue weighted by atomic mass is 35.5. The molecule has 1 heterocycles. The van der Waals surface area contributed by atoms with Gasteiger partial charge in [-0.3, -0.25) is 4.57 Å². The highest BCUT2D eigenvalue weighted by Crippen LogP contribution is 2.41. The summed E-state index contributed by atoms with van der Waals surface area (Å²) in [6, 6.07) is 0. The summed E-state index contributed by atoms with van der Waals surface area (Å²) in [4.78, 5) is 0. The van der Waals surface area contributed by atoms with E-state index in [9.17, 15) is 0 Å². The molecule has 1 aliphatic carbocycles. The van der Waals surface area contributed by atoms with Gasteiger partial charge in [-0.15, -0.1) is 10.2 Å². The molecular weight excluding hydrogens is 198 g/mol. The number of hydrogen-bond donors (Lipinski definition) is 0. The number of aryl methyl sites for hydroxylation is 1. The largest absolute Gasteiger partial charge is 0.296 e. The Hall–Kier alpha value is -0.570. The van der Waals surface area contributed by atoms with Gasteiger partial charge < -0.3 is 0 Å². The second-order valence-electron chi connectivity index (χ2n) is 4.63. The molecular formula is C10H16ClN3. The zero-order chi connectivity index (χ0) is 10.3. The lowest BCUT2D eigenvalue weighted by atomic mass is 9.72. The van der Waals surface area contributed by atoms with Gasteiger partial charge in [0.1, 0.15) is 5.82 Å². The first-order chi connectivity index (χ1) is 6.53. The molecule has 0 N–H and O–H groups in total. The van der Waals surface area contributed by atoms with E-state index in [1.807, 2.05) is 6.92 Å². The van der Waals surface area contributed by atoms with Crippen molar-refractivity contribution < 1.29 is 0 Å². The lowest BCUT2D eigenvalue weighted by Crippen LogP contribution is -2.39. The third kappa shape index (κ3) is 1.34. The van der Waals surface area contributed by atoms with Crippen molar-refractivity contribution in [2.24, 2.45) is 5.92 Å². The molecule has 0 radical (unpaired) electrons. The fraction of sp³-hybridized carbons (Fsp3) is 0.800. The fourth-order valence-corrected chi connectivity index (χ4v) is 2.67. The summed E-state index contributed by atoms with van der Waals surface area (Å²) in [6.07, 6.45) is 3.93. The Morgan fingerprint density at radius 1 is 1.36 bits per heavy atom. The van der Waals surface area contributed by atoms with Crippen LogP contribution in [-0.4, -0.2) is 14.8 Å². The Kier molecular flexibility index (Phi) is 2.30. The first-order valence-corrected chi connectivity index (χ1v) is 5.49. The first kappa shape index (κ1) is 9.97. The van der Waals surface area contributed by atoms with Gasteiger partial charge in [-0.25, -0.2) is 0 Å². The second-order valence-corrected chi connectivity index (χ2v) is 4.97. The van der Waals surface area contributed by atoms with E-state index in [1.165, 1.54) is 19.3 Å². The molecule has 0 amide bonds. The number of halogens is 1. The third-order valence-electron chi connectivity index (χ3n) is 3.47. The Morgan fingerprint density at radius 3 is 2.36 bits per heavy atom. The predicted octanol–water partition coefficient (Wildman–Crippen LogP) is 2.78. The second kappa shape index (κ2) is 3.23. The molecule has 1 saturated carbocycles. The summed E-state index contributed by atoms with van der Waals surface area (Å²) in [7, 11) is 0. The molecule has 0 bridgehead atoms. The zero-order valence-corrected chi connectivity index (χ0v) is 9.67. The van der Waals surface area contributed by atoms with Crippen LogP contribution in [0.3, 0.4) is 0 Å². The van der Waals surface area contributed by atoms with Crippen molar-refractivity contribution in [1.82, 2.24) is 14.8 Å². The minimum Gasteiger partial charge on any atom is -0.296 e. The minimum atomic E-state index is 0.0584. The summed E-state index contributed by atoms with van der Waals surface area (Å²) in [5, 5.41) is 8.42. The molecule has 14 heavy (non-hydrogen) atoms.